The molecule has 0 radical (unpaired) electrons. The number of nitrogens with one attached hydrogen (secondary N) is 1. The summed E-state index contributed by atoms with van der Waals surface area (Å²) < 4.78 is 28.0. The number of aromatic hydroxyl groups is 2. The van der Waals surface area contributed by atoms with E-state index < -0.39 is 11.8 Å². The van der Waals surface area contributed by atoms with Crippen molar-refractivity contribution in [2.24, 2.45) is 0 Å². The Morgan fingerprint density at radius 3 is 2.59 bits per heavy atom. The first kappa shape index (κ1) is 23.5. The lowest BCUT2D eigenvalue weighted by Crippen LogP contribution is -2.30. The first-order valence-electron chi connectivity index (χ1n) is 11.2. The van der Waals surface area contributed by atoms with Crippen molar-refractivity contribution in [2.75, 3.05) is 23.3 Å². The number of anilines is 2. The Morgan fingerprint density at radius 1 is 1.06 bits per heavy atom. The second-order valence-corrected chi connectivity index (χ2v) is 8.72. The maximum absolute atomic E-state index is 14.0. The number of aryl methyl sites for hydroxylation is 1. The predicted molar refractivity (Wildman–Crippen MR) is 128 cm³/mol. The first-order valence-corrected chi connectivity index (χ1v) is 11.2. The second-order valence-electron chi connectivity index (χ2n) is 8.72. The number of carbonyl (C=O) groups excluding carboxylic acids is 1. The fourth-order valence-electron chi connectivity index (χ4n) is 4.28. The number of hydrogen-bond donors (Lipinski definition) is 3. The van der Waals surface area contributed by atoms with Crippen LogP contribution in [0.4, 0.5) is 20.3 Å². The Labute approximate surface area is 196 Å². The zero-order valence-electron chi connectivity index (χ0n) is 19.1. The van der Waals surface area contributed by atoms with Gasteiger partial charge in [0, 0.05) is 43.4 Å². The number of carbonyl (C=O) groups is 1. The van der Waals surface area contributed by atoms with E-state index in [9.17, 15) is 23.8 Å². The van der Waals surface area contributed by atoms with Gasteiger partial charge in [-0.2, -0.15) is 0 Å². The SMILES string of the molecule is Cc1cccc(NC(=O)c2c(N3CCCC(F)(F)CC3)ncc(-c3ccc(O)c(O)c3)c2C)c1. The summed E-state index contributed by atoms with van der Waals surface area (Å²) in [5.41, 5.74) is 3.64. The van der Waals surface area contributed by atoms with E-state index in [0.717, 1.165) is 5.56 Å². The zero-order valence-corrected chi connectivity index (χ0v) is 19.1. The van der Waals surface area contributed by atoms with Crippen LogP contribution in [0.3, 0.4) is 0 Å². The van der Waals surface area contributed by atoms with E-state index in [0.29, 0.717) is 41.2 Å². The number of alkyl halides is 2. The minimum Gasteiger partial charge on any atom is -0.504 e. The molecule has 178 valence electrons. The van der Waals surface area contributed by atoms with Crippen LogP contribution in [-0.2, 0) is 0 Å². The summed E-state index contributed by atoms with van der Waals surface area (Å²) in [6, 6.07) is 11.8. The Bertz CT molecular complexity index is 1230. The highest BCUT2D eigenvalue weighted by Gasteiger charge is 2.33. The molecule has 1 saturated heterocycles. The zero-order chi connectivity index (χ0) is 24.5. The van der Waals surface area contributed by atoms with E-state index in [4.69, 9.17) is 0 Å². The Kier molecular flexibility index (Phi) is 6.41. The van der Waals surface area contributed by atoms with Gasteiger partial charge in [-0.05, 0) is 61.2 Å². The van der Waals surface area contributed by atoms with Crippen LogP contribution >= 0.6 is 0 Å². The van der Waals surface area contributed by atoms with Crippen LogP contribution in [0, 0.1) is 13.8 Å². The van der Waals surface area contributed by atoms with Crippen molar-refractivity contribution >= 4 is 17.4 Å². The predicted octanol–water partition coefficient (Wildman–Crippen LogP) is 5.65. The van der Waals surface area contributed by atoms with Crippen LogP contribution in [0.1, 0.15) is 40.7 Å². The number of amides is 1. The molecule has 1 aliphatic rings. The third-order valence-corrected chi connectivity index (χ3v) is 6.13. The smallest absolute Gasteiger partial charge is 0.259 e. The first-order chi connectivity index (χ1) is 16.1. The van der Waals surface area contributed by atoms with Gasteiger partial charge in [0.1, 0.15) is 5.82 Å². The van der Waals surface area contributed by atoms with Crippen LogP contribution in [0.2, 0.25) is 0 Å². The molecule has 1 aliphatic heterocycles. The molecule has 0 saturated carbocycles. The van der Waals surface area contributed by atoms with E-state index >= 15 is 0 Å². The maximum Gasteiger partial charge on any atom is 0.259 e. The molecular weight excluding hydrogens is 440 g/mol. The number of nitrogens with zero attached hydrogens (tertiary/aromatic N) is 2. The van der Waals surface area contributed by atoms with Crippen molar-refractivity contribution in [3.8, 4) is 22.6 Å². The van der Waals surface area contributed by atoms with Crippen LogP contribution in [0.15, 0.2) is 48.7 Å². The highest BCUT2D eigenvalue weighted by molar-refractivity contribution is 6.09. The number of pyridine rings is 1. The number of benzene rings is 2. The molecule has 0 unspecified atom stereocenters. The van der Waals surface area contributed by atoms with Crippen LogP contribution in [0.25, 0.3) is 11.1 Å². The molecule has 2 heterocycles. The molecule has 0 spiro atoms. The van der Waals surface area contributed by atoms with Crippen molar-refractivity contribution in [3.63, 3.8) is 0 Å². The monoisotopic (exact) mass is 467 g/mol. The van der Waals surface area contributed by atoms with Gasteiger partial charge in [-0.3, -0.25) is 4.79 Å². The summed E-state index contributed by atoms with van der Waals surface area (Å²) in [6.45, 7) is 4.14. The van der Waals surface area contributed by atoms with E-state index in [2.05, 4.69) is 10.3 Å². The van der Waals surface area contributed by atoms with Crippen molar-refractivity contribution < 1.29 is 23.8 Å². The summed E-state index contributed by atoms with van der Waals surface area (Å²) in [5.74, 6) is -3.33. The van der Waals surface area contributed by atoms with Gasteiger partial charge in [-0.1, -0.05) is 18.2 Å². The summed E-state index contributed by atoms with van der Waals surface area (Å²) in [4.78, 5) is 19.8. The molecule has 3 N–H and O–H groups in total. The van der Waals surface area contributed by atoms with E-state index in [1.165, 1.54) is 12.1 Å². The molecule has 0 aliphatic carbocycles. The fraction of sp³-hybridized carbons (Fsp3) is 0.308. The molecule has 34 heavy (non-hydrogen) atoms. The van der Waals surface area contributed by atoms with Crippen LogP contribution in [-0.4, -0.2) is 40.1 Å². The Morgan fingerprint density at radius 2 is 1.85 bits per heavy atom. The molecule has 6 nitrogen and oxygen atoms in total. The molecule has 2 aromatic carbocycles. The summed E-state index contributed by atoms with van der Waals surface area (Å²) in [7, 11) is 0. The van der Waals surface area contributed by atoms with Gasteiger partial charge in [0.15, 0.2) is 11.5 Å². The number of hydrogen-bond acceptors (Lipinski definition) is 5. The minimum atomic E-state index is -2.74. The Hall–Kier alpha value is -3.68. The number of phenolic OH excluding ortho intramolecular Hbond substituents is 2. The number of rotatable bonds is 4. The molecule has 4 rings (SSSR count). The number of halogens is 2. The summed E-state index contributed by atoms with van der Waals surface area (Å²) >= 11 is 0. The molecule has 0 bridgehead atoms. The highest BCUT2D eigenvalue weighted by atomic mass is 19.3. The molecule has 1 fully saturated rings. The molecular formula is C26H27F2N3O3. The molecule has 8 heteroatoms. The van der Waals surface area contributed by atoms with Crippen molar-refractivity contribution in [1.29, 1.82) is 0 Å². The fourth-order valence-corrected chi connectivity index (χ4v) is 4.28. The second kappa shape index (κ2) is 9.29. The lowest BCUT2D eigenvalue weighted by Gasteiger charge is -2.26. The van der Waals surface area contributed by atoms with E-state index in [1.807, 2.05) is 25.1 Å². The molecule has 0 atom stereocenters. The minimum absolute atomic E-state index is 0.0868. The van der Waals surface area contributed by atoms with Crippen LogP contribution < -0.4 is 10.2 Å². The number of phenols is 2. The third kappa shape index (κ3) is 4.95. The van der Waals surface area contributed by atoms with Gasteiger partial charge in [0.2, 0.25) is 5.92 Å². The molecule has 1 aromatic heterocycles. The van der Waals surface area contributed by atoms with Gasteiger partial charge < -0.3 is 20.4 Å². The topological polar surface area (TPSA) is 85.7 Å². The normalized spacial score (nSPS) is 15.6. The van der Waals surface area contributed by atoms with Gasteiger partial charge in [-0.15, -0.1) is 0 Å². The summed E-state index contributed by atoms with van der Waals surface area (Å²) in [6.07, 6.45) is 1.36. The lowest BCUT2D eigenvalue weighted by molar-refractivity contribution is -0.0102. The quantitative estimate of drug-likeness (QED) is 0.432. The van der Waals surface area contributed by atoms with Gasteiger partial charge in [0.25, 0.3) is 5.91 Å². The third-order valence-electron chi connectivity index (χ3n) is 6.13. The van der Waals surface area contributed by atoms with Gasteiger partial charge >= 0.3 is 0 Å². The van der Waals surface area contributed by atoms with Gasteiger partial charge in [0.05, 0.1) is 5.56 Å². The lowest BCUT2D eigenvalue weighted by atomic mass is 9.97. The van der Waals surface area contributed by atoms with Gasteiger partial charge in [-0.25, -0.2) is 13.8 Å². The van der Waals surface area contributed by atoms with E-state index in [-0.39, 0.29) is 36.4 Å². The van der Waals surface area contributed by atoms with Crippen molar-refractivity contribution in [2.45, 2.75) is 39.0 Å². The largest absolute Gasteiger partial charge is 0.504 e. The summed E-state index contributed by atoms with van der Waals surface area (Å²) in [5, 5.41) is 22.5. The molecule has 3 aromatic rings. The van der Waals surface area contributed by atoms with Crippen molar-refractivity contribution in [3.05, 3.63) is 65.4 Å². The van der Waals surface area contributed by atoms with E-state index in [1.54, 1.807) is 30.2 Å². The number of aromatic nitrogens is 1. The van der Waals surface area contributed by atoms with Crippen LogP contribution in [0.5, 0.6) is 11.5 Å². The average Bonchev–Trinajstić information content (AvgIpc) is 2.96. The maximum atomic E-state index is 14.0. The van der Waals surface area contributed by atoms with Crippen molar-refractivity contribution in [1.82, 2.24) is 4.98 Å². The highest BCUT2D eigenvalue weighted by Crippen LogP contribution is 2.37. The molecule has 1 amide bonds. The average molecular weight is 468 g/mol. The standard InChI is InChI=1S/C26H27F2N3O3/c1-16-5-3-6-19(13-16)30-25(34)23-17(2)20(18-7-8-21(32)22(33)14-18)15-29-24(23)31-11-4-9-26(27,28)10-12-31/h3,5-8,13-15,32-33H,4,9-12H2,1-2H3,(H,30,34). The Balaban J connectivity index is 1.79.